The number of likely N-dealkylation sites (tertiary alicyclic amines) is 2. The van der Waals surface area contributed by atoms with Crippen molar-refractivity contribution in [2.24, 2.45) is 0 Å². The summed E-state index contributed by atoms with van der Waals surface area (Å²) in [5, 5.41) is 4.24. The van der Waals surface area contributed by atoms with Crippen molar-refractivity contribution in [2.45, 2.75) is 49.9 Å². The first kappa shape index (κ1) is 32.5. The van der Waals surface area contributed by atoms with Crippen LogP contribution in [0.3, 0.4) is 0 Å². The Morgan fingerprint density at radius 2 is 1.31 bits per heavy atom. The van der Waals surface area contributed by atoms with E-state index in [4.69, 9.17) is 47.4 Å². The van der Waals surface area contributed by atoms with Gasteiger partial charge in [0.2, 0.25) is 17.7 Å². The van der Waals surface area contributed by atoms with Crippen molar-refractivity contribution in [1.82, 2.24) is 25.1 Å². The average molecular weight is 701 g/mol. The summed E-state index contributed by atoms with van der Waals surface area (Å²) >= 11 is 14.3. The summed E-state index contributed by atoms with van der Waals surface area (Å²) in [5.41, 5.74) is 6.60. The maximum absolute atomic E-state index is 11.7. The van der Waals surface area contributed by atoms with E-state index in [0.717, 1.165) is 97.7 Å². The van der Waals surface area contributed by atoms with Crippen molar-refractivity contribution in [3.63, 3.8) is 0 Å². The van der Waals surface area contributed by atoms with E-state index < -0.39 is 0 Å². The molecule has 9 nitrogen and oxygen atoms in total. The Morgan fingerprint density at radius 3 is 1.78 bits per heavy atom. The largest absolute Gasteiger partial charge is 0.481 e. The molecule has 254 valence electrons. The molecule has 0 aliphatic carbocycles. The third-order valence-corrected chi connectivity index (χ3v) is 11.4. The normalized spacial score (nSPS) is 21.5. The van der Waals surface area contributed by atoms with E-state index in [1.165, 1.54) is 0 Å². The van der Waals surface area contributed by atoms with Crippen LogP contribution in [0.25, 0.3) is 33.6 Å². The predicted molar refractivity (Wildman–Crippen MR) is 190 cm³/mol. The van der Waals surface area contributed by atoms with E-state index in [2.05, 4.69) is 21.2 Å². The monoisotopic (exact) mass is 699 g/mol. The standard InChI is InChI=1S/C38H39Cl2N5O4/c1-47-35-24(19-44-17-15-38(23-44)16-18-49-38)9-11-30(41-35)28-7-3-5-26(33(28)39)27-6-4-8-29(34(27)40)31-12-10-25(36(42-31)48-2)20-45-21-37(22-45)14-13-32(46)43-37/h3-12H,13-23H2,1-2H3,(H,43,46). The van der Waals surface area contributed by atoms with Crippen LogP contribution in [0.15, 0.2) is 60.7 Å². The fraction of sp³-hybridized carbons (Fsp3) is 0.395. The molecule has 0 saturated carbocycles. The summed E-state index contributed by atoms with van der Waals surface area (Å²) in [6.45, 7) is 5.93. The summed E-state index contributed by atoms with van der Waals surface area (Å²) < 4.78 is 17.4. The maximum atomic E-state index is 11.7. The number of methoxy groups -OCH3 is 2. The molecule has 4 saturated heterocycles. The molecule has 1 unspecified atom stereocenters. The second kappa shape index (κ2) is 12.9. The number of halogens is 2. The quantitative estimate of drug-likeness (QED) is 0.208. The number of nitrogens with zero attached hydrogens (tertiary/aromatic N) is 4. The Morgan fingerprint density at radius 1 is 0.755 bits per heavy atom. The van der Waals surface area contributed by atoms with Gasteiger partial charge in [0.1, 0.15) is 0 Å². The third-order valence-electron chi connectivity index (χ3n) is 10.5. The van der Waals surface area contributed by atoms with E-state index >= 15 is 0 Å². The summed E-state index contributed by atoms with van der Waals surface area (Å²) in [6.07, 6.45) is 3.71. The van der Waals surface area contributed by atoms with Crippen molar-refractivity contribution >= 4 is 29.1 Å². The Balaban J connectivity index is 1.03. The topological polar surface area (TPSA) is 89.1 Å². The number of hydrogen-bond donors (Lipinski definition) is 1. The first-order valence-electron chi connectivity index (χ1n) is 16.8. The molecule has 2 spiro atoms. The number of rotatable bonds is 9. The Labute approximate surface area is 296 Å². The highest BCUT2D eigenvalue weighted by molar-refractivity contribution is 6.39. The summed E-state index contributed by atoms with van der Waals surface area (Å²) in [7, 11) is 3.29. The molecule has 0 radical (unpaired) electrons. The number of carbonyl (C=O) groups excluding carboxylic acids is 1. The lowest BCUT2D eigenvalue weighted by molar-refractivity contribution is -0.137. The lowest BCUT2D eigenvalue weighted by Crippen LogP contribution is -2.66. The van der Waals surface area contributed by atoms with Crippen LogP contribution >= 0.6 is 23.2 Å². The number of aromatic nitrogens is 2. The molecule has 49 heavy (non-hydrogen) atoms. The molecule has 11 heteroatoms. The van der Waals surface area contributed by atoms with Gasteiger partial charge in [0.15, 0.2) is 0 Å². The molecule has 1 amide bonds. The van der Waals surface area contributed by atoms with Crippen LogP contribution in [0.1, 0.15) is 36.8 Å². The van der Waals surface area contributed by atoms with Crippen molar-refractivity contribution in [3.05, 3.63) is 81.8 Å². The second-order valence-corrected chi connectivity index (χ2v) is 14.5. The van der Waals surface area contributed by atoms with E-state index in [1.54, 1.807) is 14.2 Å². The Hall–Kier alpha value is -3.73. The van der Waals surface area contributed by atoms with Gasteiger partial charge in [-0.2, -0.15) is 0 Å². The van der Waals surface area contributed by atoms with Gasteiger partial charge in [0.05, 0.1) is 53.4 Å². The molecule has 2 aromatic heterocycles. The fourth-order valence-electron chi connectivity index (χ4n) is 7.90. The van der Waals surface area contributed by atoms with Crippen LogP contribution in [0, 0.1) is 0 Å². The maximum Gasteiger partial charge on any atom is 0.220 e. The molecule has 1 atom stereocenters. The number of carbonyl (C=O) groups is 1. The molecule has 4 fully saturated rings. The first-order chi connectivity index (χ1) is 23.8. The van der Waals surface area contributed by atoms with Gasteiger partial charge in [-0.1, -0.05) is 71.7 Å². The minimum absolute atomic E-state index is 0.0494. The zero-order valence-electron chi connectivity index (χ0n) is 27.7. The smallest absolute Gasteiger partial charge is 0.220 e. The number of ether oxygens (including phenoxy) is 3. The molecule has 4 aliphatic rings. The molecule has 0 bridgehead atoms. The van der Waals surface area contributed by atoms with E-state index in [0.29, 0.717) is 40.5 Å². The van der Waals surface area contributed by atoms with Gasteiger partial charge >= 0.3 is 0 Å². The van der Waals surface area contributed by atoms with Crippen LogP contribution in [0.5, 0.6) is 11.8 Å². The van der Waals surface area contributed by atoms with Crippen LogP contribution in [-0.2, 0) is 22.6 Å². The van der Waals surface area contributed by atoms with Crippen LogP contribution in [0.4, 0.5) is 0 Å². The van der Waals surface area contributed by atoms with Gasteiger partial charge < -0.3 is 19.5 Å². The van der Waals surface area contributed by atoms with Crippen LogP contribution < -0.4 is 14.8 Å². The van der Waals surface area contributed by atoms with Crippen molar-refractivity contribution in [1.29, 1.82) is 0 Å². The van der Waals surface area contributed by atoms with Crippen LogP contribution in [0.2, 0.25) is 10.0 Å². The van der Waals surface area contributed by atoms with Gasteiger partial charge in [-0.3, -0.25) is 14.6 Å². The lowest BCUT2D eigenvalue weighted by Gasteiger charge is -2.48. The molecule has 4 aliphatic heterocycles. The van der Waals surface area contributed by atoms with E-state index in [9.17, 15) is 4.79 Å². The Kier molecular flexibility index (Phi) is 8.53. The van der Waals surface area contributed by atoms with Gasteiger partial charge in [0.25, 0.3) is 0 Å². The van der Waals surface area contributed by atoms with Gasteiger partial charge in [-0.05, 0) is 25.0 Å². The average Bonchev–Trinajstić information content (AvgIpc) is 3.70. The summed E-state index contributed by atoms with van der Waals surface area (Å²) in [5.74, 6) is 1.29. The number of amides is 1. The molecule has 1 N–H and O–H groups in total. The zero-order valence-corrected chi connectivity index (χ0v) is 29.2. The fourth-order valence-corrected chi connectivity index (χ4v) is 8.55. The van der Waals surface area contributed by atoms with Crippen molar-refractivity contribution < 1.29 is 19.0 Å². The van der Waals surface area contributed by atoms with E-state index in [1.807, 2.05) is 54.6 Å². The highest BCUT2D eigenvalue weighted by Crippen LogP contribution is 2.43. The molecular weight excluding hydrogens is 661 g/mol. The third kappa shape index (κ3) is 6.06. The molecule has 4 aromatic rings. The number of hydrogen-bond acceptors (Lipinski definition) is 8. The minimum atomic E-state index is -0.0710. The lowest BCUT2D eigenvalue weighted by atomic mass is 9.88. The SMILES string of the molecule is COc1nc(-c2cccc(-c3cccc(-c4ccc(CN5CCC6(CCO6)C5)c(OC)n4)c3Cl)c2Cl)ccc1CN1CC2(CCC(=O)N2)C1. The molecule has 8 rings (SSSR count). The summed E-state index contributed by atoms with van der Waals surface area (Å²) in [4.78, 5) is 26.2. The highest BCUT2D eigenvalue weighted by Gasteiger charge is 2.47. The molecule has 6 heterocycles. The van der Waals surface area contributed by atoms with Crippen LogP contribution in [-0.4, -0.2) is 83.8 Å². The van der Waals surface area contributed by atoms with Gasteiger partial charge in [-0.25, -0.2) is 9.97 Å². The highest BCUT2D eigenvalue weighted by atomic mass is 35.5. The molecule has 2 aromatic carbocycles. The van der Waals surface area contributed by atoms with Crippen molar-refractivity contribution in [3.8, 4) is 45.4 Å². The number of nitrogens with one attached hydrogen (secondary N) is 1. The van der Waals surface area contributed by atoms with E-state index in [-0.39, 0.29) is 17.0 Å². The minimum Gasteiger partial charge on any atom is -0.481 e. The zero-order chi connectivity index (χ0) is 33.8. The van der Waals surface area contributed by atoms with Gasteiger partial charge in [-0.15, -0.1) is 0 Å². The second-order valence-electron chi connectivity index (χ2n) is 13.8. The summed E-state index contributed by atoms with van der Waals surface area (Å²) in [6, 6.07) is 19.9. The first-order valence-corrected chi connectivity index (χ1v) is 17.6. The predicted octanol–water partition coefficient (Wildman–Crippen LogP) is 6.63. The number of pyridine rings is 2. The number of benzene rings is 2. The van der Waals surface area contributed by atoms with Crippen molar-refractivity contribution in [2.75, 3.05) is 47.0 Å². The Bertz CT molecular complexity index is 1930. The van der Waals surface area contributed by atoms with Gasteiger partial charge in [0, 0.05) is 85.5 Å². The molecular formula is C38H39Cl2N5O4.